The molecule has 1 amide bonds. The molecule has 4 aromatic rings. The van der Waals surface area contributed by atoms with Crippen LogP contribution in [0.1, 0.15) is 47.6 Å². The smallest absolute Gasteiger partial charge is 0.410 e. The predicted octanol–water partition coefficient (Wildman–Crippen LogP) is 4.16. The summed E-state index contributed by atoms with van der Waals surface area (Å²) in [5, 5.41) is 14.1. The van der Waals surface area contributed by atoms with Crippen LogP contribution in [0, 0.1) is 18.3 Å². The maximum atomic E-state index is 13.8. The lowest BCUT2D eigenvalue weighted by molar-refractivity contribution is 0.153. The van der Waals surface area contributed by atoms with Crippen molar-refractivity contribution in [1.82, 2.24) is 19.4 Å². The number of ether oxygens (including phenoxy) is 1. The van der Waals surface area contributed by atoms with E-state index in [9.17, 15) is 9.59 Å². The Labute approximate surface area is 235 Å². The molecule has 40 heavy (non-hydrogen) atoms. The van der Waals surface area contributed by atoms with Gasteiger partial charge in [0.1, 0.15) is 17.4 Å². The van der Waals surface area contributed by atoms with Gasteiger partial charge in [0.15, 0.2) is 0 Å². The van der Waals surface area contributed by atoms with Crippen LogP contribution in [-0.4, -0.2) is 50.8 Å². The lowest BCUT2D eigenvalue weighted by Crippen LogP contribution is -2.45. The number of piperidine rings is 1. The topological polar surface area (TPSA) is 139 Å². The number of nitriles is 1. The molecular formula is C29H29N7O3S. The maximum Gasteiger partial charge on any atom is 0.410 e. The number of hydrogen-bond donors (Lipinski definition) is 2. The number of fused-ring (bicyclic) bond motifs is 2. The lowest BCUT2D eigenvalue weighted by atomic mass is 9.97. The number of aromatic nitrogens is 3. The fraction of sp³-hybridized carbons (Fsp3) is 0.345. The minimum absolute atomic E-state index is 0.0428. The molecule has 0 bridgehead atoms. The summed E-state index contributed by atoms with van der Waals surface area (Å²) in [5.74, 6) is 0.599. The predicted molar refractivity (Wildman–Crippen MR) is 153 cm³/mol. The molecule has 1 unspecified atom stereocenters. The molecule has 0 saturated carbocycles. The number of nitrogens with zero attached hydrogens (tertiary/aromatic N) is 5. The molecule has 11 heteroatoms. The third-order valence-corrected chi connectivity index (χ3v) is 8.85. The van der Waals surface area contributed by atoms with Gasteiger partial charge in [-0.2, -0.15) is 5.26 Å². The number of carbonyl (C=O) groups excluding carboxylic acids is 1. The van der Waals surface area contributed by atoms with Crippen molar-refractivity contribution in [3.63, 3.8) is 0 Å². The van der Waals surface area contributed by atoms with Gasteiger partial charge in [0, 0.05) is 41.0 Å². The fourth-order valence-electron chi connectivity index (χ4n) is 5.40. The third-order valence-electron chi connectivity index (χ3n) is 7.62. The molecule has 2 aliphatic heterocycles. The molecule has 6 rings (SSSR count). The van der Waals surface area contributed by atoms with E-state index in [-0.39, 0.29) is 29.8 Å². The summed E-state index contributed by atoms with van der Waals surface area (Å²) in [4.78, 5) is 38.0. The second kappa shape index (κ2) is 10.4. The number of rotatable bonds is 6. The first-order valence-electron chi connectivity index (χ1n) is 13.3. The number of carbonyl (C=O) groups is 1. The Bertz CT molecular complexity index is 1700. The molecule has 2 aromatic carbocycles. The summed E-state index contributed by atoms with van der Waals surface area (Å²) in [7, 11) is 0. The Hall–Kier alpha value is -4.27. The van der Waals surface area contributed by atoms with E-state index in [1.165, 1.54) is 11.3 Å². The van der Waals surface area contributed by atoms with E-state index >= 15 is 0 Å². The number of nitrogens with two attached hydrogens (primary N) is 1. The van der Waals surface area contributed by atoms with Gasteiger partial charge in [-0.25, -0.2) is 14.8 Å². The average molecular weight is 556 g/mol. The highest BCUT2D eigenvalue weighted by molar-refractivity contribution is 7.15. The minimum atomic E-state index is -0.245. The van der Waals surface area contributed by atoms with Gasteiger partial charge in [-0.15, -0.1) is 11.3 Å². The van der Waals surface area contributed by atoms with Gasteiger partial charge in [-0.3, -0.25) is 9.36 Å². The number of aryl methyl sites for hydroxylation is 1. The van der Waals surface area contributed by atoms with Crippen molar-refractivity contribution < 1.29 is 9.53 Å². The number of nitrogens with one attached hydrogen (secondary N) is 1. The van der Waals surface area contributed by atoms with Crippen molar-refractivity contribution in [1.29, 1.82) is 5.26 Å². The van der Waals surface area contributed by atoms with E-state index in [2.05, 4.69) is 16.4 Å². The lowest BCUT2D eigenvalue weighted by Gasteiger charge is -2.33. The average Bonchev–Trinajstić information content (AvgIpc) is 3.59. The van der Waals surface area contributed by atoms with Gasteiger partial charge in [0.25, 0.3) is 5.56 Å². The molecule has 2 saturated heterocycles. The Morgan fingerprint density at radius 1 is 1.27 bits per heavy atom. The molecule has 3 atom stereocenters. The highest BCUT2D eigenvalue weighted by Crippen LogP contribution is 2.37. The first-order valence-corrected chi connectivity index (χ1v) is 14.1. The van der Waals surface area contributed by atoms with Crippen molar-refractivity contribution in [2.45, 2.75) is 51.4 Å². The maximum absolute atomic E-state index is 13.8. The summed E-state index contributed by atoms with van der Waals surface area (Å²) in [6, 6.07) is 13.1. The largest absolute Gasteiger partial charge is 0.447 e. The Morgan fingerprint density at radius 3 is 2.80 bits per heavy atom. The van der Waals surface area contributed by atoms with Crippen LogP contribution < -0.4 is 16.6 Å². The molecule has 2 aliphatic rings. The van der Waals surface area contributed by atoms with Crippen molar-refractivity contribution in [3.8, 4) is 16.6 Å². The number of anilines is 1. The standard InChI is InChI=1S/C29H29N7O3S/c1-16(31)26-13-32-27(40-26)22-10-25-23(11-24(22)34-20-7-8-35-21(9-20)15-39-29(35)38)28(37)36(17(2)33-25)14-19-5-3-18(12-30)4-6-19/h3-6,10-11,13,16,20-21,34H,7-9,14-15,31H2,1-2H3/t16?,20-,21-/m0/s1. The van der Waals surface area contributed by atoms with E-state index in [4.69, 9.17) is 20.7 Å². The van der Waals surface area contributed by atoms with Gasteiger partial charge in [-0.1, -0.05) is 12.1 Å². The molecule has 0 spiro atoms. The van der Waals surface area contributed by atoms with E-state index in [1.54, 1.807) is 27.8 Å². The monoisotopic (exact) mass is 555 g/mol. The van der Waals surface area contributed by atoms with Gasteiger partial charge in [0.05, 0.1) is 35.1 Å². The van der Waals surface area contributed by atoms with E-state index in [0.29, 0.717) is 42.0 Å². The molecule has 3 N–H and O–H groups in total. The third kappa shape index (κ3) is 4.80. The van der Waals surface area contributed by atoms with Crippen LogP contribution in [0.15, 0.2) is 47.4 Å². The molecule has 0 radical (unpaired) electrons. The minimum Gasteiger partial charge on any atom is -0.447 e. The van der Waals surface area contributed by atoms with Gasteiger partial charge < -0.3 is 20.7 Å². The zero-order valence-electron chi connectivity index (χ0n) is 22.3. The van der Waals surface area contributed by atoms with Crippen LogP contribution in [0.3, 0.4) is 0 Å². The molecule has 0 aliphatic carbocycles. The van der Waals surface area contributed by atoms with Gasteiger partial charge in [-0.05, 0) is 56.5 Å². The Morgan fingerprint density at radius 2 is 2.08 bits per heavy atom. The van der Waals surface area contributed by atoms with Crippen LogP contribution in [0.25, 0.3) is 21.5 Å². The summed E-state index contributed by atoms with van der Waals surface area (Å²) in [5.41, 5.74) is 9.72. The van der Waals surface area contributed by atoms with Crippen LogP contribution in [-0.2, 0) is 11.3 Å². The SMILES string of the molecule is Cc1nc2cc(-c3ncc(C(C)N)s3)c(N[C@H]3CCN4C(=O)OC[C@@H]4C3)cc2c(=O)n1Cc1ccc(C#N)cc1. The van der Waals surface area contributed by atoms with Crippen molar-refractivity contribution >= 4 is 34.0 Å². The Kier molecular flexibility index (Phi) is 6.73. The first kappa shape index (κ1) is 26.0. The summed E-state index contributed by atoms with van der Waals surface area (Å²) in [6.45, 7) is 5.12. The molecule has 204 valence electrons. The number of hydrogen-bond acceptors (Lipinski definition) is 9. The highest BCUT2D eigenvalue weighted by atomic mass is 32.1. The second-order valence-electron chi connectivity index (χ2n) is 10.4. The number of benzene rings is 2. The van der Waals surface area contributed by atoms with Crippen LogP contribution >= 0.6 is 11.3 Å². The number of cyclic esters (lactones) is 1. The number of amides is 1. The Balaban J connectivity index is 1.41. The molecule has 2 aromatic heterocycles. The zero-order valence-corrected chi connectivity index (χ0v) is 23.1. The van der Waals surface area contributed by atoms with Crippen molar-refractivity contribution in [2.75, 3.05) is 18.5 Å². The van der Waals surface area contributed by atoms with Crippen LogP contribution in [0.2, 0.25) is 0 Å². The summed E-state index contributed by atoms with van der Waals surface area (Å²) < 4.78 is 6.90. The first-order chi connectivity index (χ1) is 19.3. The second-order valence-corrected chi connectivity index (χ2v) is 11.5. The van der Waals surface area contributed by atoms with Crippen LogP contribution in [0.5, 0.6) is 0 Å². The van der Waals surface area contributed by atoms with Gasteiger partial charge in [0.2, 0.25) is 0 Å². The van der Waals surface area contributed by atoms with Crippen LogP contribution in [0.4, 0.5) is 10.5 Å². The fourth-order valence-corrected chi connectivity index (χ4v) is 6.30. The van der Waals surface area contributed by atoms with E-state index in [0.717, 1.165) is 39.5 Å². The molecular weight excluding hydrogens is 526 g/mol. The quantitative estimate of drug-likeness (QED) is 0.362. The molecule has 10 nitrogen and oxygen atoms in total. The highest BCUT2D eigenvalue weighted by Gasteiger charge is 2.38. The van der Waals surface area contributed by atoms with Crippen molar-refractivity contribution in [2.24, 2.45) is 5.73 Å². The molecule has 4 heterocycles. The zero-order chi connectivity index (χ0) is 28.0. The summed E-state index contributed by atoms with van der Waals surface area (Å²) in [6.07, 6.45) is 3.07. The number of thiazole rings is 1. The van der Waals surface area contributed by atoms with E-state index in [1.807, 2.05) is 38.1 Å². The van der Waals surface area contributed by atoms with Gasteiger partial charge >= 0.3 is 6.09 Å². The van der Waals surface area contributed by atoms with Crippen molar-refractivity contribution in [3.05, 3.63) is 74.8 Å². The molecule has 2 fully saturated rings. The normalized spacial score (nSPS) is 19.2. The van der Waals surface area contributed by atoms with E-state index < -0.39 is 0 Å². The summed E-state index contributed by atoms with van der Waals surface area (Å²) >= 11 is 1.53.